The van der Waals surface area contributed by atoms with E-state index < -0.39 is 6.10 Å². The van der Waals surface area contributed by atoms with Crippen molar-refractivity contribution < 1.29 is 19.0 Å². The first-order valence-corrected chi connectivity index (χ1v) is 7.29. The molecule has 0 spiro atoms. The lowest BCUT2D eigenvalue weighted by atomic mass is 9.98. The molecule has 2 aliphatic rings. The molecule has 4 heteroatoms. The first-order chi connectivity index (χ1) is 9.75. The summed E-state index contributed by atoms with van der Waals surface area (Å²) in [6.07, 6.45) is 2.73. The van der Waals surface area contributed by atoms with Gasteiger partial charge in [0.05, 0.1) is 6.10 Å². The fourth-order valence-corrected chi connectivity index (χ4v) is 2.81. The van der Waals surface area contributed by atoms with Gasteiger partial charge >= 0.3 is 5.97 Å². The van der Waals surface area contributed by atoms with Crippen molar-refractivity contribution >= 4 is 5.97 Å². The average molecular weight is 276 g/mol. The van der Waals surface area contributed by atoms with Gasteiger partial charge in [0.15, 0.2) is 0 Å². The summed E-state index contributed by atoms with van der Waals surface area (Å²) in [7, 11) is 0. The third-order valence-electron chi connectivity index (χ3n) is 4.04. The number of carbonyl (C=O) groups excluding carboxylic acids is 1. The van der Waals surface area contributed by atoms with Crippen LogP contribution in [0.4, 0.5) is 0 Å². The van der Waals surface area contributed by atoms with Crippen molar-refractivity contribution in [2.45, 2.75) is 44.3 Å². The van der Waals surface area contributed by atoms with Gasteiger partial charge in [-0.15, -0.1) is 0 Å². The van der Waals surface area contributed by atoms with E-state index in [9.17, 15) is 4.79 Å². The first kappa shape index (κ1) is 13.4. The van der Waals surface area contributed by atoms with Crippen LogP contribution in [0.25, 0.3) is 0 Å². The Labute approximate surface area is 119 Å². The van der Waals surface area contributed by atoms with Gasteiger partial charge < -0.3 is 14.2 Å². The zero-order chi connectivity index (χ0) is 13.9. The summed E-state index contributed by atoms with van der Waals surface area (Å²) < 4.78 is 16.6. The fraction of sp³-hybridized carbons (Fsp3) is 0.562. The highest BCUT2D eigenvalue weighted by Crippen LogP contribution is 2.38. The average Bonchev–Trinajstić information content (AvgIpc) is 2.84. The Morgan fingerprint density at radius 1 is 1.35 bits per heavy atom. The molecular weight excluding hydrogens is 256 g/mol. The van der Waals surface area contributed by atoms with Crippen LogP contribution in [0, 0.1) is 0 Å². The van der Waals surface area contributed by atoms with Gasteiger partial charge in [-0.25, -0.2) is 4.79 Å². The Hall–Kier alpha value is -1.55. The quantitative estimate of drug-likeness (QED) is 0.796. The topological polar surface area (TPSA) is 44.8 Å². The molecule has 3 unspecified atom stereocenters. The van der Waals surface area contributed by atoms with Gasteiger partial charge in [-0.05, 0) is 25.3 Å². The Morgan fingerprint density at radius 3 is 2.95 bits per heavy atom. The van der Waals surface area contributed by atoms with Crippen LogP contribution < -0.4 is 4.74 Å². The van der Waals surface area contributed by atoms with Crippen LogP contribution in [0.5, 0.6) is 5.75 Å². The number of benzene rings is 1. The molecule has 0 aliphatic carbocycles. The highest BCUT2D eigenvalue weighted by atomic mass is 16.6. The molecule has 0 aromatic heterocycles. The predicted molar refractivity (Wildman–Crippen MR) is 73.8 cm³/mol. The lowest BCUT2D eigenvalue weighted by Crippen LogP contribution is -2.33. The van der Waals surface area contributed by atoms with Crippen LogP contribution >= 0.6 is 0 Å². The first-order valence-electron chi connectivity index (χ1n) is 7.29. The Bertz CT molecular complexity index is 479. The van der Waals surface area contributed by atoms with Crippen molar-refractivity contribution in [1.82, 2.24) is 0 Å². The lowest BCUT2D eigenvalue weighted by Gasteiger charge is -2.23. The van der Waals surface area contributed by atoms with Crippen LogP contribution in [0.15, 0.2) is 24.3 Å². The minimum atomic E-state index is -0.531. The van der Waals surface area contributed by atoms with E-state index >= 15 is 0 Å². The largest absolute Gasteiger partial charge is 0.478 e. The second kappa shape index (κ2) is 5.83. The second-order valence-electron chi connectivity index (χ2n) is 5.48. The van der Waals surface area contributed by atoms with Gasteiger partial charge in [0, 0.05) is 18.1 Å². The summed E-state index contributed by atoms with van der Waals surface area (Å²) in [5, 5.41) is 0. The molecule has 1 aromatic carbocycles. The van der Waals surface area contributed by atoms with Crippen LogP contribution in [0.3, 0.4) is 0 Å². The summed E-state index contributed by atoms with van der Waals surface area (Å²) in [4.78, 5) is 12.2. The van der Waals surface area contributed by atoms with E-state index in [0.717, 1.165) is 37.2 Å². The maximum absolute atomic E-state index is 12.2. The SMILES string of the molecule is CC1c2ccccc2OC1C(=O)OCC1CCCCO1. The zero-order valence-corrected chi connectivity index (χ0v) is 11.7. The van der Waals surface area contributed by atoms with Gasteiger partial charge in [0.2, 0.25) is 6.10 Å². The molecule has 0 N–H and O–H groups in total. The molecule has 1 saturated heterocycles. The number of esters is 1. The standard InChI is InChI=1S/C16H20O4/c1-11-13-7-2-3-8-14(13)20-15(11)16(17)19-10-12-6-4-5-9-18-12/h2-3,7-8,11-12,15H,4-6,9-10H2,1H3. The van der Waals surface area contributed by atoms with E-state index in [2.05, 4.69) is 0 Å². The van der Waals surface area contributed by atoms with Gasteiger partial charge in [0.25, 0.3) is 0 Å². The molecule has 4 nitrogen and oxygen atoms in total. The smallest absolute Gasteiger partial charge is 0.348 e. The highest BCUT2D eigenvalue weighted by molar-refractivity contribution is 5.78. The van der Waals surface area contributed by atoms with E-state index in [1.54, 1.807) is 0 Å². The van der Waals surface area contributed by atoms with E-state index in [4.69, 9.17) is 14.2 Å². The molecule has 2 aliphatic heterocycles. The molecule has 0 saturated carbocycles. The van der Waals surface area contributed by atoms with Crippen molar-refractivity contribution in [2.75, 3.05) is 13.2 Å². The van der Waals surface area contributed by atoms with Crippen molar-refractivity contribution in [1.29, 1.82) is 0 Å². The van der Waals surface area contributed by atoms with Gasteiger partial charge in [-0.1, -0.05) is 25.1 Å². The van der Waals surface area contributed by atoms with Crippen LogP contribution in [-0.4, -0.2) is 31.4 Å². The molecule has 1 fully saturated rings. The highest BCUT2D eigenvalue weighted by Gasteiger charge is 2.37. The van der Waals surface area contributed by atoms with Crippen LogP contribution in [-0.2, 0) is 14.3 Å². The number of fused-ring (bicyclic) bond motifs is 1. The second-order valence-corrected chi connectivity index (χ2v) is 5.48. The summed E-state index contributed by atoms with van der Waals surface area (Å²) in [5.41, 5.74) is 1.07. The molecule has 3 rings (SSSR count). The number of ether oxygens (including phenoxy) is 3. The number of hydrogen-bond donors (Lipinski definition) is 0. The molecular formula is C16H20O4. The maximum Gasteiger partial charge on any atom is 0.348 e. The Balaban J connectivity index is 1.56. The minimum absolute atomic E-state index is 0.0333. The minimum Gasteiger partial charge on any atom is -0.478 e. The number of para-hydroxylation sites is 1. The molecule has 2 heterocycles. The third-order valence-corrected chi connectivity index (χ3v) is 4.04. The zero-order valence-electron chi connectivity index (χ0n) is 11.7. The fourth-order valence-electron chi connectivity index (χ4n) is 2.81. The van der Waals surface area contributed by atoms with Crippen LogP contribution in [0.2, 0.25) is 0 Å². The molecule has 0 radical (unpaired) electrons. The monoisotopic (exact) mass is 276 g/mol. The Kier molecular flexibility index (Phi) is 3.92. The van der Waals surface area contributed by atoms with Crippen molar-refractivity contribution in [3.8, 4) is 5.75 Å². The molecule has 20 heavy (non-hydrogen) atoms. The maximum atomic E-state index is 12.2. The van der Waals surface area contributed by atoms with Gasteiger partial charge in [-0.3, -0.25) is 0 Å². The molecule has 0 bridgehead atoms. The number of rotatable bonds is 3. The third kappa shape index (κ3) is 2.66. The number of hydrogen-bond acceptors (Lipinski definition) is 4. The van der Waals surface area contributed by atoms with E-state index in [0.29, 0.717) is 6.61 Å². The summed E-state index contributed by atoms with van der Waals surface area (Å²) in [5.74, 6) is 0.532. The van der Waals surface area contributed by atoms with Gasteiger partial charge in [0.1, 0.15) is 12.4 Å². The van der Waals surface area contributed by atoms with E-state index in [-0.39, 0.29) is 18.0 Å². The predicted octanol–water partition coefficient (Wildman–Crippen LogP) is 2.66. The molecule has 108 valence electrons. The van der Waals surface area contributed by atoms with E-state index in [1.807, 2.05) is 31.2 Å². The van der Waals surface area contributed by atoms with Crippen molar-refractivity contribution in [3.63, 3.8) is 0 Å². The molecule has 3 atom stereocenters. The summed E-state index contributed by atoms with van der Waals surface area (Å²) >= 11 is 0. The normalized spacial score (nSPS) is 28.6. The lowest BCUT2D eigenvalue weighted by molar-refractivity contribution is -0.157. The summed E-state index contributed by atoms with van der Waals surface area (Å²) in [6.45, 7) is 3.10. The summed E-state index contributed by atoms with van der Waals surface area (Å²) in [6, 6.07) is 7.76. The van der Waals surface area contributed by atoms with Crippen molar-refractivity contribution in [3.05, 3.63) is 29.8 Å². The van der Waals surface area contributed by atoms with Crippen LogP contribution in [0.1, 0.15) is 37.7 Å². The molecule has 0 amide bonds. The Morgan fingerprint density at radius 2 is 2.20 bits per heavy atom. The molecule has 1 aromatic rings. The van der Waals surface area contributed by atoms with Gasteiger partial charge in [-0.2, -0.15) is 0 Å². The van der Waals surface area contributed by atoms with E-state index in [1.165, 1.54) is 0 Å². The number of carbonyl (C=O) groups is 1. The van der Waals surface area contributed by atoms with Crippen molar-refractivity contribution in [2.24, 2.45) is 0 Å².